The average molecular weight is 689 g/mol. The van der Waals surface area contributed by atoms with Crippen LogP contribution in [-0.2, 0) is 28.5 Å². The fourth-order valence-corrected chi connectivity index (χ4v) is 6.94. The molecule has 0 spiro atoms. The molecule has 3 fully saturated rings. The second-order valence-corrected chi connectivity index (χ2v) is 13.5. The third kappa shape index (κ3) is 11.1. The molecule has 0 aromatic heterocycles. The predicted molar refractivity (Wildman–Crippen MR) is 190 cm³/mol. The summed E-state index contributed by atoms with van der Waals surface area (Å²) in [6, 6.07) is 23.4. The molecule has 50 heavy (non-hydrogen) atoms. The van der Waals surface area contributed by atoms with Gasteiger partial charge >= 0.3 is 5.97 Å². The van der Waals surface area contributed by atoms with Crippen LogP contribution in [0, 0.1) is 5.92 Å². The lowest BCUT2D eigenvalue weighted by Crippen LogP contribution is -2.40. The SMILES string of the molecule is O=C(CCC/C=C\C[C@@H]1[C@@H](OCC(COc2ccccc2)OC2CCCCO2)[C@H](OC2CCCCO2)C[C@@H]1O)Oc1ccc2ccccc2c1. The number of carbonyl (C=O) groups is 1. The molecule has 3 aromatic carbocycles. The van der Waals surface area contributed by atoms with Crippen LogP contribution >= 0.6 is 0 Å². The zero-order valence-electron chi connectivity index (χ0n) is 28.9. The van der Waals surface area contributed by atoms with Crippen LogP contribution < -0.4 is 9.47 Å². The number of hydrogen-bond acceptors (Lipinski definition) is 9. The summed E-state index contributed by atoms with van der Waals surface area (Å²) < 4.78 is 42.9. The standard InChI is InChI=1S/C41H52O9/c42-36-27-37(50-40-21-11-13-25-45-40)41(47-29-34(49-39-20-10-12-24-44-39)28-46-32-16-4-3-5-17-32)35(36)18-6-1-2-7-19-38(43)48-33-23-22-30-14-8-9-15-31(30)26-33/h1,3-6,8-9,14-17,22-23,26,34-37,39-42H,2,7,10-13,18-21,24-25,27-29H2/b6-1-/t34?,35-,36-,37+,39?,40?,41+/m0/s1. The van der Waals surface area contributed by atoms with E-state index < -0.39 is 6.10 Å². The maximum absolute atomic E-state index is 12.5. The van der Waals surface area contributed by atoms with Crippen molar-refractivity contribution < 1.29 is 43.1 Å². The largest absolute Gasteiger partial charge is 0.491 e. The third-order valence-corrected chi connectivity index (χ3v) is 9.64. The highest BCUT2D eigenvalue weighted by atomic mass is 16.7. The molecule has 3 aromatic rings. The van der Waals surface area contributed by atoms with Crippen LogP contribution in [0.3, 0.4) is 0 Å². The lowest BCUT2D eigenvalue weighted by Gasteiger charge is -2.32. The Kier molecular flexibility index (Phi) is 14.1. The number of para-hydroxylation sites is 1. The molecule has 1 aliphatic carbocycles. The van der Waals surface area contributed by atoms with Gasteiger partial charge in [0, 0.05) is 32.0 Å². The molecule has 6 rings (SSSR count). The quantitative estimate of drug-likeness (QED) is 0.0668. The molecule has 9 heteroatoms. The molecule has 0 bridgehead atoms. The second-order valence-electron chi connectivity index (χ2n) is 13.5. The Hall–Kier alpha value is -3.31. The highest BCUT2D eigenvalue weighted by Crippen LogP contribution is 2.36. The number of unbranched alkanes of at least 4 members (excludes halogenated alkanes) is 1. The second kappa shape index (κ2) is 19.3. The van der Waals surface area contributed by atoms with Crippen LogP contribution in [0.2, 0.25) is 0 Å². The van der Waals surface area contributed by atoms with Crippen molar-refractivity contribution in [2.75, 3.05) is 26.4 Å². The minimum Gasteiger partial charge on any atom is -0.491 e. The molecule has 7 atom stereocenters. The number of aliphatic hydroxyl groups is 1. The van der Waals surface area contributed by atoms with Gasteiger partial charge in [-0.15, -0.1) is 0 Å². The van der Waals surface area contributed by atoms with Crippen LogP contribution in [-0.4, -0.2) is 74.5 Å². The first-order valence-corrected chi connectivity index (χ1v) is 18.5. The average Bonchev–Trinajstić information content (AvgIpc) is 3.44. The van der Waals surface area contributed by atoms with Crippen LogP contribution in [0.5, 0.6) is 11.5 Å². The topological polar surface area (TPSA) is 102 Å². The van der Waals surface area contributed by atoms with E-state index in [2.05, 4.69) is 12.2 Å². The van der Waals surface area contributed by atoms with Gasteiger partial charge in [0.05, 0.1) is 24.9 Å². The molecule has 2 saturated heterocycles. The summed E-state index contributed by atoms with van der Waals surface area (Å²) in [5.41, 5.74) is 0. The van der Waals surface area contributed by atoms with Crippen molar-refractivity contribution in [3.63, 3.8) is 0 Å². The van der Waals surface area contributed by atoms with Crippen molar-refractivity contribution >= 4 is 16.7 Å². The molecular weight excluding hydrogens is 636 g/mol. The number of carbonyl (C=O) groups excluding carboxylic acids is 1. The molecule has 3 unspecified atom stereocenters. The fraction of sp³-hybridized carbons (Fsp3) is 0.537. The molecule has 2 aliphatic heterocycles. The van der Waals surface area contributed by atoms with Gasteiger partial charge in [-0.25, -0.2) is 0 Å². The van der Waals surface area contributed by atoms with Crippen molar-refractivity contribution in [1.29, 1.82) is 0 Å². The Balaban J connectivity index is 1.02. The predicted octanol–water partition coefficient (Wildman–Crippen LogP) is 7.53. The van der Waals surface area contributed by atoms with E-state index in [0.29, 0.717) is 51.3 Å². The fourth-order valence-electron chi connectivity index (χ4n) is 6.94. The first kappa shape index (κ1) is 36.5. The lowest BCUT2D eigenvalue weighted by molar-refractivity contribution is -0.226. The van der Waals surface area contributed by atoms with E-state index in [-0.39, 0.29) is 49.4 Å². The summed E-state index contributed by atoms with van der Waals surface area (Å²) in [5, 5.41) is 13.4. The Morgan fingerprint density at radius 2 is 1.60 bits per heavy atom. The molecule has 2 heterocycles. The Labute approximate surface area is 295 Å². The van der Waals surface area contributed by atoms with Gasteiger partial charge in [-0.05, 0) is 92.8 Å². The minimum atomic E-state index is -0.586. The van der Waals surface area contributed by atoms with Gasteiger partial charge in [0.15, 0.2) is 12.6 Å². The van der Waals surface area contributed by atoms with Crippen LogP contribution in [0.25, 0.3) is 10.8 Å². The molecule has 9 nitrogen and oxygen atoms in total. The van der Waals surface area contributed by atoms with Gasteiger partial charge in [0.1, 0.15) is 24.2 Å². The normalized spacial score (nSPS) is 26.3. The summed E-state index contributed by atoms with van der Waals surface area (Å²) in [4.78, 5) is 12.5. The molecule has 1 saturated carbocycles. The highest BCUT2D eigenvalue weighted by molar-refractivity contribution is 5.84. The smallest absolute Gasteiger partial charge is 0.311 e. The van der Waals surface area contributed by atoms with Crippen molar-refractivity contribution in [3.05, 3.63) is 84.9 Å². The van der Waals surface area contributed by atoms with Crippen LogP contribution in [0.1, 0.15) is 70.6 Å². The highest BCUT2D eigenvalue weighted by Gasteiger charge is 2.45. The lowest BCUT2D eigenvalue weighted by atomic mass is 9.98. The molecule has 3 aliphatic rings. The van der Waals surface area contributed by atoms with Gasteiger partial charge in [0.2, 0.25) is 0 Å². The van der Waals surface area contributed by atoms with Crippen molar-refractivity contribution in [1.82, 2.24) is 0 Å². The van der Waals surface area contributed by atoms with Crippen molar-refractivity contribution in [2.45, 2.75) is 108 Å². The monoisotopic (exact) mass is 688 g/mol. The number of hydrogen-bond donors (Lipinski definition) is 1. The maximum atomic E-state index is 12.5. The minimum absolute atomic E-state index is 0.167. The molecular formula is C41H52O9. The Morgan fingerprint density at radius 1 is 0.840 bits per heavy atom. The van der Waals surface area contributed by atoms with Gasteiger partial charge in [0.25, 0.3) is 0 Å². The zero-order chi connectivity index (χ0) is 34.4. The van der Waals surface area contributed by atoms with Gasteiger partial charge in [-0.1, -0.05) is 60.7 Å². The Bertz CT molecular complexity index is 1470. The van der Waals surface area contributed by atoms with E-state index in [1.54, 1.807) is 0 Å². The third-order valence-electron chi connectivity index (χ3n) is 9.64. The van der Waals surface area contributed by atoms with E-state index in [1.165, 1.54) is 0 Å². The zero-order valence-corrected chi connectivity index (χ0v) is 28.9. The van der Waals surface area contributed by atoms with Gasteiger partial charge in [-0.2, -0.15) is 0 Å². The molecule has 0 radical (unpaired) electrons. The Morgan fingerprint density at radius 3 is 2.38 bits per heavy atom. The van der Waals surface area contributed by atoms with Gasteiger partial charge < -0.3 is 38.3 Å². The number of rotatable bonds is 17. The van der Waals surface area contributed by atoms with Gasteiger partial charge in [-0.3, -0.25) is 4.79 Å². The van der Waals surface area contributed by atoms with E-state index in [4.69, 9.17) is 33.2 Å². The number of benzene rings is 3. The van der Waals surface area contributed by atoms with E-state index in [1.807, 2.05) is 72.8 Å². The first-order valence-electron chi connectivity index (χ1n) is 18.5. The van der Waals surface area contributed by atoms with E-state index >= 15 is 0 Å². The summed E-state index contributed by atoms with van der Waals surface area (Å²) in [6.07, 6.45) is 10.6. The first-order chi connectivity index (χ1) is 24.6. The maximum Gasteiger partial charge on any atom is 0.311 e. The van der Waals surface area contributed by atoms with Crippen molar-refractivity contribution in [2.24, 2.45) is 5.92 Å². The van der Waals surface area contributed by atoms with E-state index in [0.717, 1.165) is 61.5 Å². The summed E-state index contributed by atoms with van der Waals surface area (Å²) >= 11 is 0. The molecule has 1 N–H and O–H groups in total. The molecule has 0 amide bonds. The summed E-state index contributed by atoms with van der Waals surface area (Å²) in [7, 11) is 0. The van der Waals surface area contributed by atoms with Crippen LogP contribution in [0.15, 0.2) is 84.9 Å². The summed E-state index contributed by atoms with van der Waals surface area (Å²) in [5.74, 6) is 0.915. The summed E-state index contributed by atoms with van der Waals surface area (Å²) in [6.45, 7) is 1.95. The number of esters is 1. The number of aliphatic hydroxyl groups excluding tert-OH is 1. The van der Waals surface area contributed by atoms with Crippen molar-refractivity contribution in [3.8, 4) is 11.5 Å². The van der Waals surface area contributed by atoms with Crippen LogP contribution in [0.4, 0.5) is 0 Å². The number of fused-ring (bicyclic) bond motifs is 1. The molecule has 270 valence electrons. The van der Waals surface area contributed by atoms with E-state index in [9.17, 15) is 9.90 Å². The number of allylic oxidation sites excluding steroid dienone is 2. The number of ether oxygens (including phenoxy) is 7.